The maximum absolute atomic E-state index is 12.3. The number of amidine groups is 1. The average molecular weight is 396 g/mol. The smallest absolute Gasteiger partial charge is 0.262 e. The van der Waals surface area contributed by atoms with Crippen LogP contribution < -0.4 is 16.4 Å². The van der Waals surface area contributed by atoms with Gasteiger partial charge in [0.2, 0.25) is 5.91 Å². The maximum atomic E-state index is 12.3. The highest BCUT2D eigenvalue weighted by molar-refractivity contribution is 8.15. The number of nitrogens with two attached hydrogens (primary N) is 1. The Labute approximate surface area is 166 Å². The molecule has 0 spiro atoms. The zero-order valence-electron chi connectivity index (χ0n) is 15.3. The van der Waals surface area contributed by atoms with Crippen LogP contribution in [0.5, 0.6) is 0 Å². The fourth-order valence-electron chi connectivity index (χ4n) is 2.61. The number of carbonyl (C=O) groups excluding carboxylic acids is 3. The van der Waals surface area contributed by atoms with Crippen LogP contribution in [-0.4, -0.2) is 28.1 Å². The van der Waals surface area contributed by atoms with E-state index in [1.807, 2.05) is 31.2 Å². The van der Waals surface area contributed by atoms with Crippen LogP contribution in [0.25, 0.3) is 0 Å². The van der Waals surface area contributed by atoms with E-state index in [0.29, 0.717) is 17.8 Å². The van der Waals surface area contributed by atoms with Crippen LogP contribution in [0.2, 0.25) is 0 Å². The van der Waals surface area contributed by atoms with Crippen molar-refractivity contribution in [1.29, 1.82) is 0 Å². The van der Waals surface area contributed by atoms with Crippen molar-refractivity contribution in [1.82, 2.24) is 5.32 Å². The third-order valence-corrected chi connectivity index (χ3v) is 5.12. The Morgan fingerprint density at radius 3 is 2.39 bits per heavy atom. The average Bonchev–Trinajstić information content (AvgIpc) is 2.98. The van der Waals surface area contributed by atoms with E-state index in [1.165, 1.54) is 5.56 Å². The summed E-state index contributed by atoms with van der Waals surface area (Å²) in [5, 5.41) is 5.17. The molecule has 0 fully saturated rings. The van der Waals surface area contributed by atoms with Gasteiger partial charge in [0.05, 0.1) is 0 Å². The number of anilines is 1. The Balaban J connectivity index is 1.50. The minimum absolute atomic E-state index is 0.00745. The van der Waals surface area contributed by atoms with Gasteiger partial charge in [0.25, 0.3) is 11.8 Å². The van der Waals surface area contributed by atoms with Gasteiger partial charge >= 0.3 is 0 Å². The summed E-state index contributed by atoms with van der Waals surface area (Å²) in [7, 11) is 0. The van der Waals surface area contributed by atoms with Gasteiger partial charge in [0.15, 0.2) is 5.17 Å². The Morgan fingerprint density at radius 2 is 1.79 bits per heavy atom. The summed E-state index contributed by atoms with van der Waals surface area (Å²) in [5.41, 5.74) is 8.71. The second-order valence-electron chi connectivity index (χ2n) is 6.39. The third kappa shape index (κ3) is 5.20. The molecule has 0 aromatic heterocycles. The van der Waals surface area contributed by atoms with Gasteiger partial charge < -0.3 is 16.4 Å². The highest BCUT2D eigenvalue weighted by Crippen LogP contribution is 2.23. The fraction of sp³-hybridized carbons (Fsp3) is 0.200. The van der Waals surface area contributed by atoms with Gasteiger partial charge in [-0.15, -0.1) is 0 Å². The number of aryl methyl sites for hydroxylation is 1. The minimum atomic E-state index is -0.577. The molecule has 2 aromatic rings. The molecule has 2 aromatic carbocycles. The van der Waals surface area contributed by atoms with Gasteiger partial charge in [0.1, 0.15) is 5.25 Å². The monoisotopic (exact) mass is 396 g/mol. The number of thioether (sulfide) groups is 1. The molecule has 0 saturated carbocycles. The van der Waals surface area contributed by atoms with E-state index in [4.69, 9.17) is 5.73 Å². The minimum Gasteiger partial charge on any atom is -0.378 e. The van der Waals surface area contributed by atoms with E-state index in [-0.39, 0.29) is 23.4 Å². The first-order chi connectivity index (χ1) is 13.4. The molecule has 0 bridgehead atoms. The lowest BCUT2D eigenvalue weighted by Gasteiger charge is -2.09. The molecule has 0 saturated heterocycles. The largest absolute Gasteiger partial charge is 0.378 e. The Kier molecular flexibility index (Phi) is 6.10. The lowest BCUT2D eigenvalue weighted by Crippen LogP contribution is -2.23. The molecular weight excluding hydrogens is 376 g/mol. The molecule has 0 radical (unpaired) electrons. The quantitative estimate of drug-likeness (QED) is 0.693. The van der Waals surface area contributed by atoms with E-state index in [1.54, 1.807) is 24.3 Å². The first-order valence-corrected chi connectivity index (χ1v) is 9.57. The number of nitrogens with zero attached hydrogens (tertiary/aromatic N) is 1. The predicted octanol–water partition coefficient (Wildman–Crippen LogP) is 2.21. The SMILES string of the molecule is Cc1ccc(CNC(=O)c2ccc(NC(=O)C[C@H]3SC(N)=NC3=O)cc2)cc1. The molecule has 8 heteroatoms. The number of hydrogen-bond donors (Lipinski definition) is 3. The van der Waals surface area contributed by atoms with Gasteiger partial charge in [-0.3, -0.25) is 14.4 Å². The van der Waals surface area contributed by atoms with Crippen LogP contribution in [0.3, 0.4) is 0 Å². The molecule has 0 aliphatic carbocycles. The van der Waals surface area contributed by atoms with Crippen LogP contribution in [-0.2, 0) is 16.1 Å². The Morgan fingerprint density at radius 1 is 1.11 bits per heavy atom. The molecule has 1 atom stereocenters. The number of aliphatic imine (C=N–C) groups is 1. The van der Waals surface area contributed by atoms with Crippen molar-refractivity contribution in [2.75, 3.05) is 5.32 Å². The number of rotatable bonds is 6. The van der Waals surface area contributed by atoms with Crippen molar-refractivity contribution in [3.63, 3.8) is 0 Å². The molecule has 0 unspecified atom stereocenters. The van der Waals surface area contributed by atoms with E-state index in [2.05, 4.69) is 15.6 Å². The summed E-state index contributed by atoms with van der Waals surface area (Å²) < 4.78 is 0. The molecule has 144 valence electrons. The second-order valence-corrected chi connectivity index (χ2v) is 7.62. The predicted molar refractivity (Wildman–Crippen MR) is 110 cm³/mol. The van der Waals surface area contributed by atoms with Gasteiger partial charge in [-0.1, -0.05) is 41.6 Å². The zero-order chi connectivity index (χ0) is 20.1. The van der Waals surface area contributed by atoms with Gasteiger partial charge in [-0.05, 0) is 36.8 Å². The summed E-state index contributed by atoms with van der Waals surface area (Å²) >= 11 is 1.09. The second kappa shape index (κ2) is 8.71. The molecule has 1 aliphatic rings. The summed E-state index contributed by atoms with van der Waals surface area (Å²) in [4.78, 5) is 39.5. The summed E-state index contributed by atoms with van der Waals surface area (Å²) in [6.07, 6.45) is -0.00745. The van der Waals surface area contributed by atoms with Crippen molar-refractivity contribution < 1.29 is 14.4 Å². The Hall–Kier alpha value is -3.13. The van der Waals surface area contributed by atoms with E-state index >= 15 is 0 Å². The highest BCUT2D eigenvalue weighted by atomic mass is 32.2. The van der Waals surface area contributed by atoms with E-state index in [9.17, 15) is 14.4 Å². The van der Waals surface area contributed by atoms with Crippen molar-refractivity contribution in [2.45, 2.75) is 25.1 Å². The van der Waals surface area contributed by atoms with Crippen molar-refractivity contribution in [3.8, 4) is 0 Å². The molecule has 4 N–H and O–H groups in total. The van der Waals surface area contributed by atoms with Crippen LogP contribution in [0.1, 0.15) is 27.9 Å². The fourth-order valence-corrected chi connectivity index (χ4v) is 3.43. The summed E-state index contributed by atoms with van der Waals surface area (Å²) in [6, 6.07) is 14.5. The van der Waals surface area contributed by atoms with Crippen LogP contribution in [0, 0.1) is 6.92 Å². The number of nitrogens with one attached hydrogen (secondary N) is 2. The number of amides is 3. The topological polar surface area (TPSA) is 114 Å². The van der Waals surface area contributed by atoms with Crippen molar-refractivity contribution in [2.24, 2.45) is 10.7 Å². The lowest BCUT2D eigenvalue weighted by atomic mass is 10.1. The first kappa shape index (κ1) is 19.6. The number of hydrogen-bond acceptors (Lipinski definition) is 5. The molecule has 28 heavy (non-hydrogen) atoms. The number of benzene rings is 2. The maximum Gasteiger partial charge on any atom is 0.262 e. The molecule has 7 nitrogen and oxygen atoms in total. The first-order valence-electron chi connectivity index (χ1n) is 8.69. The third-order valence-electron chi connectivity index (χ3n) is 4.13. The number of carbonyl (C=O) groups is 3. The highest BCUT2D eigenvalue weighted by Gasteiger charge is 2.29. The van der Waals surface area contributed by atoms with E-state index in [0.717, 1.165) is 17.3 Å². The van der Waals surface area contributed by atoms with Crippen molar-refractivity contribution in [3.05, 3.63) is 65.2 Å². The van der Waals surface area contributed by atoms with Crippen LogP contribution in [0.15, 0.2) is 53.5 Å². The Bertz CT molecular complexity index is 923. The summed E-state index contributed by atoms with van der Waals surface area (Å²) in [5.74, 6) is -0.899. The van der Waals surface area contributed by atoms with E-state index < -0.39 is 11.2 Å². The lowest BCUT2D eigenvalue weighted by molar-refractivity contribution is -0.121. The molecule has 1 heterocycles. The standard InChI is InChI=1S/C20H20N4O3S/c1-12-2-4-13(5-3-12)11-22-18(26)14-6-8-15(9-7-14)23-17(25)10-16-19(27)24-20(21)28-16/h2-9,16H,10-11H2,1H3,(H,22,26)(H,23,25)(H2,21,24,27)/t16-/m1/s1. The summed E-state index contributed by atoms with van der Waals surface area (Å²) in [6.45, 7) is 2.45. The van der Waals surface area contributed by atoms with Crippen LogP contribution in [0.4, 0.5) is 5.69 Å². The normalized spacial score (nSPS) is 15.8. The van der Waals surface area contributed by atoms with Crippen LogP contribution >= 0.6 is 11.8 Å². The molecular formula is C20H20N4O3S. The molecule has 3 rings (SSSR count). The molecule has 1 aliphatic heterocycles. The zero-order valence-corrected chi connectivity index (χ0v) is 16.1. The molecule has 3 amide bonds. The van der Waals surface area contributed by atoms with Gasteiger partial charge in [-0.25, -0.2) is 0 Å². The van der Waals surface area contributed by atoms with Crippen molar-refractivity contribution >= 4 is 40.3 Å². The van der Waals surface area contributed by atoms with Gasteiger partial charge in [0, 0.05) is 24.2 Å². The van der Waals surface area contributed by atoms with Gasteiger partial charge in [-0.2, -0.15) is 4.99 Å².